The molecule has 2 heterocycles. The second kappa shape index (κ2) is 5.05. The van der Waals surface area contributed by atoms with Crippen molar-refractivity contribution in [3.63, 3.8) is 0 Å². The Balaban J connectivity index is 2.20. The lowest BCUT2D eigenvalue weighted by Gasteiger charge is -2.32. The molecule has 0 bridgehead atoms. The second-order valence-electron chi connectivity index (χ2n) is 3.81. The highest BCUT2D eigenvalue weighted by Crippen LogP contribution is 2.20. The molecule has 86 valence electrons. The van der Waals surface area contributed by atoms with Crippen LogP contribution in [0.1, 0.15) is 11.6 Å². The Kier molecular flexibility index (Phi) is 3.48. The number of aromatic nitrogens is 1. The van der Waals surface area contributed by atoms with Crippen molar-refractivity contribution in [2.24, 2.45) is 0 Å². The SMILES string of the molecule is O=C(O)[C@H](c1cccnc1)N1CCNCC1. The summed E-state index contributed by atoms with van der Waals surface area (Å²) in [6.45, 7) is 3.19. The summed E-state index contributed by atoms with van der Waals surface area (Å²) in [4.78, 5) is 17.3. The van der Waals surface area contributed by atoms with Crippen molar-refractivity contribution in [3.05, 3.63) is 30.1 Å². The van der Waals surface area contributed by atoms with Crippen LogP contribution in [0.15, 0.2) is 24.5 Å². The highest BCUT2D eigenvalue weighted by molar-refractivity contribution is 5.75. The van der Waals surface area contributed by atoms with E-state index in [1.54, 1.807) is 18.5 Å². The molecule has 0 aliphatic carbocycles. The molecule has 1 aromatic rings. The summed E-state index contributed by atoms with van der Waals surface area (Å²) in [6.07, 6.45) is 3.28. The second-order valence-corrected chi connectivity index (χ2v) is 3.81. The smallest absolute Gasteiger partial charge is 0.325 e. The zero-order valence-electron chi connectivity index (χ0n) is 8.97. The molecule has 0 unspecified atom stereocenters. The van der Waals surface area contributed by atoms with Crippen molar-refractivity contribution in [1.82, 2.24) is 15.2 Å². The first-order valence-corrected chi connectivity index (χ1v) is 5.36. The van der Waals surface area contributed by atoms with Gasteiger partial charge < -0.3 is 10.4 Å². The van der Waals surface area contributed by atoms with Crippen molar-refractivity contribution in [2.75, 3.05) is 26.2 Å². The third-order valence-electron chi connectivity index (χ3n) is 2.75. The minimum atomic E-state index is -0.810. The van der Waals surface area contributed by atoms with Gasteiger partial charge in [0, 0.05) is 38.6 Å². The van der Waals surface area contributed by atoms with Crippen molar-refractivity contribution >= 4 is 5.97 Å². The predicted octanol–water partition coefficient (Wildman–Crippen LogP) is 0.113. The van der Waals surface area contributed by atoms with Crippen LogP contribution < -0.4 is 5.32 Å². The van der Waals surface area contributed by atoms with Gasteiger partial charge in [-0.3, -0.25) is 14.7 Å². The fourth-order valence-corrected chi connectivity index (χ4v) is 1.99. The lowest BCUT2D eigenvalue weighted by Crippen LogP contribution is -2.47. The van der Waals surface area contributed by atoms with Gasteiger partial charge in [0.2, 0.25) is 0 Å². The number of nitrogens with zero attached hydrogens (tertiary/aromatic N) is 2. The number of pyridine rings is 1. The number of aliphatic carboxylic acids is 1. The molecule has 2 N–H and O–H groups in total. The van der Waals surface area contributed by atoms with Crippen LogP contribution in [0.3, 0.4) is 0 Å². The largest absolute Gasteiger partial charge is 0.480 e. The van der Waals surface area contributed by atoms with E-state index in [-0.39, 0.29) is 0 Å². The number of nitrogens with one attached hydrogen (secondary N) is 1. The molecule has 1 aromatic heterocycles. The molecule has 0 saturated carbocycles. The zero-order chi connectivity index (χ0) is 11.4. The number of carbonyl (C=O) groups is 1. The summed E-state index contributed by atoms with van der Waals surface area (Å²) in [7, 11) is 0. The van der Waals surface area contributed by atoms with Crippen molar-refractivity contribution < 1.29 is 9.90 Å². The van der Waals surface area contributed by atoms with Crippen molar-refractivity contribution in [3.8, 4) is 0 Å². The van der Waals surface area contributed by atoms with Gasteiger partial charge in [0.15, 0.2) is 0 Å². The van der Waals surface area contributed by atoms with Gasteiger partial charge in [0.05, 0.1) is 0 Å². The number of carboxylic acids is 1. The van der Waals surface area contributed by atoms with Gasteiger partial charge in [0.1, 0.15) is 6.04 Å². The molecule has 0 spiro atoms. The van der Waals surface area contributed by atoms with E-state index in [0.29, 0.717) is 0 Å². The fraction of sp³-hybridized carbons (Fsp3) is 0.455. The van der Waals surface area contributed by atoms with E-state index < -0.39 is 12.0 Å². The lowest BCUT2D eigenvalue weighted by atomic mass is 10.1. The summed E-state index contributed by atoms with van der Waals surface area (Å²) in [6, 6.07) is 3.01. The fourth-order valence-electron chi connectivity index (χ4n) is 1.99. The number of rotatable bonds is 3. The molecule has 0 radical (unpaired) electrons. The molecule has 16 heavy (non-hydrogen) atoms. The van der Waals surface area contributed by atoms with E-state index in [1.807, 2.05) is 11.0 Å². The summed E-state index contributed by atoms with van der Waals surface area (Å²) >= 11 is 0. The zero-order valence-corrected chi connectivity index (χ0v) is 8.97. The molecule has 1 aliphatic heterocycles. The van der Waals surface area contributed by atoms with E-state index >= 15 is 0 Å². The van der Waals surface area contributed by atoms with E-state index in [2.05, 4.69) is 10.3 Å². The molecule has 5 heteroatoms. The van der Waals surface area contributed by atoms with Crippen LogP contribution in [0.2, 0.25) is 0 Å². The Bertz CT molecular complexity index is 350. The van der Waals surface area contributed by atoms with Gasteiger partial charge in [-0.2, -0.15) is 0 Å². The Morgan fingerprint density at radius 3 is 2.81 bits per heavy atom. The van der Waals surface area contributed by atoms with Gasteiger partial charge in [0.25, 0.3) is 0 Å². The maximum Gasteiger partial charge on any atom is 0.325 e. The molecular weight excluding hydrogens is 206 g/mol. The number of hydrogen-bond donors (Lipinski definition) is 2. The molecular formula is C11H15N3O2. The molecule has 1 atom stereocenters. The summed E-state index contributed by atoms with van der Waals surface area (Å²) in [5, 5.41) is 12.5. The molecule has 1 saturated heterocycles. The van der Waals surface area contributed by atoms with Crippen LogP contribution in [0, 0.1) is 0 Å². The summed E-state index contributed by atoms with van der Waals surface area (Å²) in [5.74, 6) is -0.810. The topological polar surface area (TPSA) is 65.5 Å². The first-order chi connectivity index (χ1) is 7.79. The molecule has 1 fully saturated rings. The average molecular weight is 221 g/mol. The van der Waals surface area contributed by atoms with Crippen LogP contribution >= 0.6 is 0 Å². The molecule has 0 amide bonds. The number of piperazine rings is 1. The monoisotopic (exact) mass is 221 g/mol. The summed E-state index contributed by atoms with van der Waals surface area (Å²) < 4.78 is 0. The van der Waals surface area contributed by atoms with Gasteiger partial charge in [-0.25, -0.2) is 0 Å². The van der Waals surface area contributed by atoms with E-state index in [4.69, 9.17) is 0 Å². The minimum absolute atomic E-state index is 0.573. The third-order valence-corrected chi connectivity index (χ3v) is 2.75. The van der Waals surface area contributed by atoms with E-state index in [1.165, 1.54) is 0 Å². The first kappa shape index (κ1) is 11.0. The average Bonchev–Trinajstić information content (AvgIpc) is 2.31. The highest BCUT2D eigenvalue weighted by Gasteiger charge is 2.28. The van der Waals surface area contributed by atoms with Crippen molar-refractivity contribution in [1.29, 1.82) is 0 Å². The van der Waals surface area contributed by atoms with Crippen LogP contribution in [-0.4, -0.2) is 47.1 Å². The Labute approximate surface area is 94.1 Å². The molecule has 1 aliphatic rings. The number of hydrogen-bond acceptors (Lipinski definition) is 4. The van der Waals surface area contributed by atoms with Gasteiger partial charge in [-0.05, 0) is 11.6 Å². The minimum Gasteiger partial charge on any atom is -0.480 e. The third kappa shape index (κ3) is 2.37. The van der Waals surface area contributed by atoms with Gasteiger partial charge >= 0.3 is 5.97 Å². The van der Waals surface area contributed by atoms with Crippen LogP contribution in [0.5, 0.6) is 0 Å². The van der Waals surface area contributed by atoms with Crippen molar-refractivity contribution in [2.45, 2.75) is 6.04 Å². The van der Waals surface area contributed by atoms with Gasteiger partial charge in [-0.15, -0.1) is 0 Å². The lowest BCUT2D eigenvalue weighted by molar-refractivity contribution is -0.143. The Hall–Kier alpha value is -1.46. The Morgan fingerprint density at radius 1 is 1.50 bits per heavy atom. The van der Waals surface area contributed by atoms with Crippen LogP contribution in [0.25, 0.3) is 0 Å². The van der Waals surface area contributed by atoms with Crippen LogP contribution in [0.4, 0.5) is 0 Å². The molecule has 5 nitrogen and oxygen atoms in total. The van der Waals surface area contributed by atoms with E-state index in [9.17, 15) is 9.90 Å². The summed E-state index contributed by atoms with van der Waals surface area (Å²) in [5.41, 5.74) is 0.747. The normalized spacial score (nSPS) is 19.2. The Morgan fingerprint density at radius 2 is 2.25 bits per heavy atom. The predicted molar refractivity (Wildman–Crippen MR) is 59.1 cm³/mol. The maximum atomic E-state index is 11.3. The highest BCUT2D eigenvalue weighted by atomic mass is 16.4. The number of carboxylic acid groups (broad SMARTS) is 1. The maximum absolute atomic E-state index is 11.3. The molecule has 0 aromatic carbocycles. The van der Waals surface area contributed by atoms with Crippen LogP contribution in [-0.2, 0) is 4.79 Å². The quantitative estimate of drug-likeness (QED) is 0.758. The first-order valence-electron chi connectivity index (χ1n) is 5.36. The van der Waals surface area contributed by atoms with Gasteiger partial charge in [-0.1, -0.05) is 6.07 Å². The molecule has 2 rings (SSSR count). The standard InChI is InChI=1S/C11H15N3O2/c15-11(16)10(9-2-1-3-13-8-9)14-6-4-12-5-7-14/h1-3,8,10,12H,4-7H2,(H,15,16)/t10-/m0/s1. The van der Waals surface area contributed by atoms with E-state index in [0.717, 1.165) is 31.7 Å².